The summed E-state index contributed by atoms with van der Waals surface area (Å²) in [4.78, 5) is 2.13. The summed E-state index contributed by atoms with van der Waals surface area (Å²) >= 11 is 0. The van der Waals surface area contributed by atoms with Gasteiger partial charge in [-0.15, -0.1) is 0 Å². The minimum absolute atomic E-state index is 0.208. The second-order valence-corrected chi connectivity index (χ2v) is 5.81. The first kappa shape index (κ1) is 14.2. The molecule has 0 amide bonds. The van der Waals surface area contributed by atoms with Crippen LogP contribution in [0.4, 0.5) is 0 Å². The Morgan fingerprint density at radius 2 is 1.88 bits per heavy atom. The highest BCUT2D eigenvalue weighted by atomic mass is 16.5. The molecule has 0 aliphatic heterocycles. The van der Waals surface area contributed by atoms with E-state index in [1.54, 1.807) is 0 Å². The van der Waals surface area contributed by atoms with Gasteiger partial charge < -0.3 is 9.64 Å². The molecule has 1 rings (SSSR count). The van der Waals surface area contributed by atoms with Crippen molar-refractivity contribution in [3.63, 3.8) is 0 Å². The van der Waals surface area contributed by atoms with Crippen molar-refractivity contribution in [3.05, 3.63) is 35.4 Å². The van der Waals surface area contributed by atoms with E-state index in [2.05, 4.69) is 64.0 Å². The van der Waals surface area contributed by atoms with Crippen molar-refractivity contribution in [1.82, 2.24) is 4.90 Å². The molecule has 0 unspecified atom stereocenters. The summed E-state index contributed by atoms with van der Waals surface area (Å²) in [5, 5.41) is 0. The molecule has 2 nitrogen and oxygen atoms in total. The molecule has 0 atom stereocenters. The Bertz CT molecular complexity index is 339. The number of rotatable bonds is 5. The molecular weight excluding hydrogens is 210 g/mol. The molecule has 0 saturated heterocycles. The van der Waals surface area contributed by atoms with Gasteiger partial charge in [-0.3, -0.25) is 0 Å². The van der Waals surface area contributed by atoms with Crippen molar-refractivity contribution in [2.24, 2.45) is 0 Å². The van der Waals surface area contributed by atoms with E-state index in [1.165, 1.54) is 11.1 Å². The van der Waals surface area contributed by atoms with E-state index in [1.807, 2.05) is 0 Å². The van der Waals surface area contributed by atoms with E-state index in [-0.39, 0.29) is 5.41 Å². The lowest BCUT2D eigenvalue weighted by atomic mass is 9.86. The van der Waals surface area contributed by atoms with Gasteiger partial charge in [-0.25, -0.2) is 0 Å². The number of hydrogen-bond donors (Lipinski definition) is 0. The van der Waals surface area contributed by atoms with E-state index in [9.17, 15) is 0 Å². The van der Waals surface area contributed by atoms with Gasteiger partial charge >= 0.3 is 0 Å². The third-order valence-corrected chi connectivity index (χ3v) is 2.74. The molecule has 0 fully saturated rings. The summed E-state index contributed by atoms with van der Waals surface area (Å²) < 4.78 is 5.66. The lowest BCUT2D eigenvalue weighted by molar-refractivity contribution is 0.105. The Morgan fingerprint density at radius 3 is 2.47 bits per heavy atom. The van der Waals surface area contributed by atoms with Crippen LogP contribution in [0.3, 0.4) is 0 Å². The van der Waals surface area contributed by atoms with Crippen LogP contribution in [0.2, 0.25) is 0 Å². The number of likely N-dealkylation sites (N-methyl/N-ethyl adjacent to an activating group) is 1. The van der Waals surface area contributed by atoms with Crippen molar-refractivity contribution >= 4 is 0 Å². The van der Waals surface area contributed by atoms with Gasteiger partial charge in [0.1, 0.15) is 0 Å². The van der Waals surface area contributed by atoms with Gasteiger partial charge in [-0.1, -0.05) is 45.0 Å². The zero-order valence-corrected chi connectivity index (χ0v) is 11.8. The molecule has 0 radical (unpaired) electrons. The van der Waals surface area contributed by atoms with Gasteiger partial charge in [0.25, 0.3) is 0 Å². The minimum Gasteiger partial charge on any atom is -0.375 e. The number of nitrogens with zero attached hydrogens (tertiary/aromatic N) is 1. The molecule has 96 valence electrons. The molecule has 0 aliphatic carbocycles. The van der Waals surface area contributed by atoms with Gasteiger partial charge in [0.2, 0.25) is 0 Å². The normalized spacial score (nSPS) is 12.1. The Hall–Kier alpha value is -0.860. The molecule has 1 aromatic rings. The van der Waals surface area contributed by atoms with Gasteiger partial charge in [-0.05, 0) is 30.6 Å². The number of ether oxygens (including phenoxy) is 1. The summed E-state index contributed by atoms with van der Waals surface area (Å²) in [7, 11) is 4.12. The molecule has 0 aromatic heterocycles. The van der Waals surface area contributed by atoms with Crippen LogP contribution in [0.25, 0.3) is 0 Å². The maximum absolute atomic E-state index is 5.66. The summed E-state index contributed by atoms with van der Waals surface area (Å²) in [5.41, 5.74) is 2.84. The van der Waals surface area contributed by atoms with Crippen LogP contribution >= 0.6 is 0 Å². The Morgan fingerprint density at radius 1 is 1.18 bits per heavy atom. The van der Waals surface area contributed by atoms with Crippen LogP contribution in [-0.2, 0) is 16.8 Å². The molecule has 0 saturated carbocycles. The fourth-order valence-electron chi connectivity index (χ4n) is 1.56. The van der Waals surface area contributed by atoms with Crippen LogP contribution in [0.1, 0.15) is 31.9 Å². The first-order chi connectivity index (χ1) is 7.89. The molecule has 2 heteroatoms. The van der Waals surface area contributed by atoms with Gasteiger partial charge in [0.15, 0.2) is 0 Å². The largest absolute Gasteiger partial charge is 0.375 e. The zero-order valence-electron chi connectivity index (χ0n) is 11.8. The first-order valence-corrected chi connectivity index (χ1v) is 6.21. The first-order valence-electron chi connectivity index (χ1n) is 6.21. The predicted molar refractivity (Wildman–Crippen MR) is 73.4 cm³/mol. The molecule has 1 aromatic carbocycles. The van der Waals surface area contributed by atoms with Gasteiger partial charge in [0, 0.05) is 6.54 Å². The predicted octanol–water partition coefficient (Wildman–Crippen LogP) is 3.06. The zero-order chi connectivity index (χ0) is 12.9. The van der Waals surface area contributed by atoms with Crippen LogP contribution in [0, 0.1) is 0 Å². The van der Waals surface area contributed by atoms with Gasteiger partial charge in [0.05, 0.1) is 13.2 Å². The van der Waals surface area contributed by atoms with Crippen LogP contribution < -0.4 is 0 Å². The van der Waals surface area contributed by atoms with E-state index in [0.29, 0.717) is 6.61 Å². The molecule has 0 heterocycles. The average Bonchev–Trinajstić information content (AvgIpc) is 2.23. The van der Waals surface area contributed by atoms with Crippen molar-refractivity contribution in [1.29, 1.82) is 0 Å². The van der Waals surface area contributed by atoms with E-state index >= 15 is 0 Å². The molecule has 0 spiro atoms. The summed E-state index contributed by atoms with van der Waals surface area (Å²) in [6.45, 7) is 9.17. The highest BCUT2D eigenvalue weighted by Crippen LogP contribution is 2.22. The third-order valence-electron chi connectivity index (χ3n) is 2.74. The maximum Gasteiger partial charge on any atom is 0.0717 e. The second kappa shape index (κ2) is 6.18. The molecule has 17 heavy (non-hydrogen) atoms. The molecule has 0 bridgehead atoms. The summed E-state index contributed by atoms with van der Waals surface area (Å²) in [6.07, 6.45) is 0. The Labute approximate surface area is 106 Å². The van der Waals surface area contributed by atoms with Crippen LogP contribution in [-0.4, -0.2) is 32.1 Å². The quantitative estimate of drug-likeness (QED) is 0.727. The molecular formula is C15H25NO. The van der Waals surface area contributed by atoms with Gasteiger partial charge in [-0.2, -0.15) is 0 Å². The van der Waals surface area contributed by atoms with E-state index in [0.717, 1.165) is 13.2 Å². The second-order valence-electron chi connectivity index (χ2n) is 5.81. The smallest absolute Gasteiger partial charge is 0.0717 e. The fourth-order valence-corrected chi connectivity index (χ4v) is 1.56. The average molecular weight is 235 g/mol. The standard InChI is InChI=1S/C15H25NO/c1-15(2,3)14-8-6-7-13(11-14)12-17-10-9-16(4)5/h6-8,11H,9-10,12H2,1-5H3. The Balaban J connectivity index is 2.49. The van der Waals surface area contributed by atoms with Crippen molar-refractivity contribution in [3.8, 4) is 0 Å². The lowest BCUT2D eigenvalue weighted by Crippen LogP contribution is -2.18. The maximum atomic E-state index is 5.66. The molecule has 0 aliphatic rings. The van der Waals surface area contributed by atoms with E-state index < -0.39 is 0 Å². The summed E-state index contributed by atoms with van der Waals surface area (Å²) in [6, 6.07) is 8.68. The Kier molecular flexibility index (Phi) is 5.16. The van der Waals surface area contributed by atoms with Crippen molar-refractivity contribution < 1.29 is 4.74 Å². The number of benzene rings is 1. The summed E-state index contributed by atoms with van der Waals surface area (Å²) in [5.74, 6) is 0. The highest BCUT2D eigenvalue weighted by Gasteiger charge is 2.13. The van der Waals surface area contributed by atoms with Crippen molar-refractivity contribution in [2.75, 3.05) is 27.2 Å². The van der Waals surface area contributed by atoms with Crippen molar-refractivity contribution in [2.45, 2.75) is 32.8 Å². The minimum atomic E-state index is 0.208. The third kappa shape index (κ3) is 5.33. The monoisotopic (exact) mass is 235 g/mol. The SMILES string of the molecule is CN(C)CCOCc1cccc(C(C)(C)C)c1. The van der Waals surface area contributed by atoms with Crippen LogP contribution in [0.5, 0.6) is 0 Å². The lowest BCUT2D eigenvalue weighted by Gasteiger charge is -2.19. The highest BCUT2D eigenvalue weighted by molar-refractivity contribution is 5.28. The van der Waals surface area contributed by atoms with E-state index in [4.69, 9.17) is 4.74 Å². The number of hydrogen-bond acceptors (Lipinski definition) is 2. The fraction of sp³-hybridized carbons (Fsp3) is 0.600. The topological polar surface area (TPSA) is 12.5 Å². The van der Waals surface area contributed by atoms with Crippen LogP contribution in [0.15, 0.2) is 24.3 Å². The molecule has 0 N–H and O–H groups in total.